The van der Waals surface area contributed by atoms with Crippen molar-refractivity contribution in [3.8, 4) is 32.4 Å². The number of thiazole rings is 2. The summed E-state index contributed by atoms with van der Waals surface area (Å²) in [6.45, 7) is 26.6. The zero-order valence-corrected chi connectivity index (χ0v) is 65.3. The van der Waals surface area contributed by atoms with Crippen molar-refractivity contribution in [2.75, 3.05) is 85.4 Å². The largest absolute Gasteiger partial charge is 0.508 e. The minimum atomic E-state index is -3.33. The highest BCUT2D eigenvalue weighted by Gasteiger charge is 2.55. The van der Waals surface area contributed by atoms with E-state index in [1.165, 1.54) is 32.5 Å². The molecule has 0 unspecified atom stereocenters. The molecular formula is C73H110F2N8O19S3. The van der Waals surface area contributed by atoms with Crippen LogP contribution < -0.4 is 26.0 Å². The fourth-order valence-electron chi connectivity index (χ4n) is 11.4. The van der Waals surface area contributed by atoms with Gasteiger partial charge in [-0.2, -0.15) is 8.42 Å². The quantitative estimate of drug-likeness (QED) is 0.0127. The van der Waals surface area contributed by atoms with Crippen molar-refractivity contribution in [1.82, 2.24) is 41.0 Å². The van der Waals surface area contributed by atoms with Crippen LogP contribution >= 0.6 is 22.7 Å². The molecule has 2 aromatic carbocycles. The number of likely N-dealkylation sites (tertiary alicyclic amines) is 2. The number of carbonyl (C=O) groups is 6. The molecule has 2 aliphatic heterocycles. The zero-order chi connectivity index (χ0) is 77.5. The number of β-amino-alcohol motifs (C(OH)–C–C–N with tert-alkyl or cyclic N) is 2. The molecule has 27 nitrogen and oxygen atoms in total. The maximum Gasteiger partial charge on any atom is 0.264 e. The van der Waals surface area contributed by atoms with Crippen LogP contribution in [0.3, 0.4) is 0 Å². The Morgan fingerprint density at radius 1 is 0.610 bits per heavy atom. The first-order valence-corrected chi connectivity index (χ1v) is 39.5. The number of aliphatic hydroxyl groups excluding tert-OH is 2. The molecule has 6 atom stereocenters. The number of benzene rings is 2. The van der Waals surface area contributed by atoms with E-state index in [4.69, 9.17) is 33.2 Å². The van der Waals surface area contributed by atoms with E-state index in [1.54, 1.807) is 64.7 Å². The van der Waals surface area contributed by atoms with E-state index in [0.717, 1.165) is 63.4 Å². The first kappa shape index (κ1) is 87.5. The number of aryl methyl sites for hydroxylation is 2. The highest BCUT2D eigenvalue weighted by Crippen LogP contribution is 2.42. The van der Waals surface area contributed by atoms with Crippen LogP contribution in [0.1, 0.15) is 156 Å². The molecule has 0 radical (unpaired) electrons. The number of phenols is 1. The third-order valence-corrected chi connectivity index (χ3v) is 20.2. The fraction of sp³-hybridized carbons (Fsp3) is 0.671. The third kappa shape index (κ3) is 27.3. The minimum absolute atomic E-state index is 0.0146. The maximum atomic E-state index is 14.5. The molecule has 4 aliphatic rings. The number of alkyl halides is 2. The summed E-state index contributed by atoms with van der Waals surface area (Å²) in [4.78, 5) is 92.1. The highest BCUT2D eigenvalue weighted by molar-refractivity contribution is 7.86. The van der Waals surface area contributed by atoms with Gasteiger partial charge in [0.05, 0.1) is 77.1 Å². The summed E-state index contributed by atoms with van der Waals surface area (Å²) in [5.74, 6) is -3.03. The molecule has 105 heavy (non-hydrogen) atoms. The Labute approximate surface area is 624 Å². The molecule has 8 rings (SSSR count). The van der Waals surface area contributed by atoms with Gasteiger partial charge in [0.1, 0.15) is 35.7 Å². The molecule has 7 N–H and O–H groups in total. The van der Waals surface area contributed by atoms with Crippen molar-refractivity contribution in [2.24, 2.45) is 10.8 Å². The van der Waals surface area contributed by atoms with Gasteiger partial charge < -0.3 is 79.5 Å². The lowest BCUT2D eigenvalue weighted by atomic mass is 9.85. The Bertz CT molecular complexity index is 3570. The second-order valence-corrected chi connectivity index (χ2v) is 31.9. The van der Waals surface area contributed by atoms with Crippen molar-refractivity contribution < 1.29 is 98.6 Å². The van der Waals surface area contributed by atoms with Crippen molar-refractivity contribution in [3.05, 3.63) is 69.9 Å². The number of amides is 6. The van der Waals surface area contributed by atoms with Gasteiger partial charge in [-0.15, -0.1) is 22.7 Å². The van der Waals surface area contributed by atoms with Crippen molar-refractivity contribution in [1.29, 1.82) is 0 Å². The molecular weight excluding hydrogens is 1430 g/mol. The van der Waals surface area contributed by atoms with Crippen LogP contribution in [0.4, 0.5) is 8.78 Å². The van der Waals surface area contributed by atoms with Crippen molar-refractivity contribution in [3.63, 3.8) is 0 Å². The van der Waals surface area contributed by atoms with E-state index in [1.807, 2.05) is 65.8 Å². The molecule has 0 spiro atoms. The highest BCUT2D eigenvalue weighted by atomic mass is 32.2. The van der Waals surface area contributed by atoms with Crippen LogP contribution in [0.2, 0.25) is 0 Å². The molecule has 0 bridgehead atoms. The first-order valence-electron chi connectivity index (χ1n) is 35.9. The number of phenolic OH excluding ortho intramolecular Hbond substituents is 1. The lowest BCUT2D eigenvalue weighted by Crippen LogP contribution is -2.59. The van der Waals surface area contributed by atoms with Crippen LogP contribution in [0, 0.1) is 24.7 Å². The number of nitrogens with one attached hydrogen (secondary N) is 4. The Kier molecular flexibility index (Phi) is 33.9. The normalized spacial score (nSPS) is 18.7. The van der Waals surface area contributed by atoms with Gasteiger partial charge in [0, 0.05) is 89.8 Å². The summed E-state index contributed by atoms with van der Waals surface area (Å²) in [7, 11) is -3.33. The number of hydrogen-bond acceptors (Lipinski definition) is 23. The lowest BCUT2D eigenvalue weighted by molar-refractivity contribution is -0.167. The number of hydrogen-bond donors (Lipinski definition) is 7. The van der Waals surface area contributed by atoms with Gasteiger partial charge in [-0.25, -0.2) is 18.7 Å². The summed E-state index contributed by atoms with van der Waals surface area (Å²) < 4.78 is 93.7. The number of aliphatic hydroxyl groups is 2. The van der Waals surface area contributed by atoms with E-state index in [0.29, 0.717) is 77.2 Å². The second-order valence-electron chi connectivity index (χ2n) is 28.5. The average Bonchev–Trinajstić information content (AvgIpc) is 1.68. The number of aromatic nitrogens is 2. The van der Waals surface area contributed by atoms with Gasteiger partial charge in [-0.3, -0.25) is 33.0 Å². The summed E-state index contributed by atoms with van der Waals surface area (Å²) in [6, 6.07) is 6.89. The van der Waals surface area contributed by atoms with Gasteiger partial charge in [0.2, 0.25) is 23.6 Å². The van der Waals surface area contributed by atoms with E-state index < -0.39 is 104 Å². The smallest absolute Gasteiger partial charge is 0.264 e. The van der Waals surface area contributed by atoms with Gasteiger partial charge in [0.15, 0.2) is 23.9 Å². The Hall–Kier alpha value is -6.43. The summed E-state index contributed by atoms with van der Waals surface area (Å²) in [5, 5.41) is 42.1. The van der Waals surface area contributed by atoms with Crippen LogP contribution in [-0.2, 0) is 84.6 Å². The third-order valence-electron chi connectivity index (χ3n) is 17.6. The molecule has 2 saturated heterocycles. The van der Waals surface area contributed by atoms with Crippen LogP contribution in [-0.4, -0.2) is 225 Å². The zero-order valence-electron chi connectivity index (χ0n) is 62.9. The second kappa shape index (κ2) is 40.7. The Balaban J connectivity index is 0.000000275. The molecule has 4 aromatic rings. The van der Waals surface area contributed by atoms with E-state index >= 15 is 0 Å². The monoisotopic (exact) mass is 1540 g/mol. The maximum absolute atomic E-state index is 14.5. The van der Waals surface area contributed by atoms with Gasteiger partial charge in [-0.1, -0.05) is 65.8 Å². The number of unbranched alkanes of at least 4 members (excludes halogenated alkanes) is 2. The predicted octanol–water partition coefficient (Wildman–Crippen LogP) is 7.90. The van der Waals surface area contributed by atoms with Crippen LogP contribution in [0.25, 0.3) is 20.9 Å². The minimum Gasteiger partial charge on any atom is -0.508 e. The predicted molar refractivity (Wildman–Crippen MR) is 392 cm³/mol. The lowest BCUT2D eigenvalue weighted by Gasteiger charge is -2.35. The molecule has 4 fully saturated rings. The van der Waals surface area contributed by atoms with Gasteiger partial charge >= 0.3 is 0 Å². The summed E-state index contributed by atoms with van der Waals surface area (Å²) in [6.07, 6.45) is 1.92. The molecule has 2 saturated carbocycles. The van der Waals surface area contributed by atoms with Gasteiger partial charge in [-0.05, 0) is 127 Å². The number of halogens is 2. The van der Waals surface area contributed by atoms with Crippen LogP contribution in [0.5, 0.6) is 11.5 Å². The van der Waals surface area contributed by atoms with Crippen LogP contribution in [0.15, 0.2) is 47.4 Å². The Morgan fingerprint density at radius 3 is 1.37 bits per heavy atom. The van der Waals surface area contributed by atoms with E-state index in [2.05, 4.69) is 35.4 Å². The van der Waals surface area contributed by atoms with Crippen molar-refractivity contribution >= 4 is 68.2 Å². The molecule has 6 amide bonds. The molecule has 4 heterocycles. The average molecular weight is 1540 g/mol. The SMILES string of the molecule is CCOC(COCCCCOS(C)(=O)=O)OCC.CCOC(COCCCCOc1cc(-c2scnc2C)ccc1CNC(=O)[C@@H]1C[C@@H](O)CN1C(=O)[C@@H](NC(=O)C1(F)CC1)C(C)(C)C)OCC.Cc1ncsc1-c1ccc(CNC(=O)[C@@H]2C[C@@H](O)CN2C(=O)[C@@H](NC(=O)C2(F)CC2)C(C)(C)C)c(O)c1. The topological polar surface area (TPSA) is 351 Å². The number of aromatic hydroxyl groups is 1. The number of nitrogens with zero attached hydrogens (tertiary/aromatic N) is 4. The summed E-state index contributed by atoms with van der Waals surface area (Å²) >= 11 is 3.00. The van der Waals surface area contributed by atoms with E-state index in [-0.39, 0.29) is 89.6 Å². The number of ether oxygens (including phenoxy) is 7. The first-order chi connectivity index (χ1) is 49.6. The fourth-order valence-corrected chi connectivity index (χ4v) is 13.4. The standard InChI is InChI=1S/C36H53FN4O8S.C26H33FN4O5S.C11H24O6S/c1-7-47-29(48-8-2)21-46-15-9-10-16-49-28-17-24(30-23(3)39-22-50-30)11-12-25(28)19-38-32(43)27-18-26(42)20-41(27)33(44)31(35(4,5)6)40-34(45)36(37)13-14-36;1-14-20(37-13-29-14)15-5-6-16(19(33)9-15)11-28-22(34)18-10-17(32)12-31(18)23(35)21(25(2,3)4)30-24(36)26(27)7-8-26;1-4-15-11(16-5-2)10-14-8-6-7-9-17-18(3,12)13/h11-12,17,22,26-27,29,31,42H,7-10,13-16,18-21H2,1-6H3,(H,38,43)(H,40,45);5-6,9,13,17-18,21,32-33H,7-8,10-12H2,1-4H3,(H,28,34)(H,30,36);11H,4-10H2,1-3H3/t26-,27+,31-;17-,18+,21-;/m11./s1. The number of rotatable bonds is 38. The molecule has 588 valence electrons. The van der Waals surface area contributed by atoms with E-state index in [9.17, 15) is 61.3 Å². The molecule has 2 aromatic heterocycles. The number of carbonyl (C=O) groups excluding carboxylic acids is 6. The van der Waals surface area contributed by atoms with Gasteiger partial charge in [0.25, 0.3) is 21.9 Å². The molecule has 32 heteroatoms. The van der Waals surface area contributed by atoms with Crippen molar-refractivity contribution in [2.45, 2.75) is 221 Å². The molecule has 2 aliphatic carbocycles. The summed E-state index contributed by atoms with van der Waals surface area (Å²) in [5.41, 5.74) is 2.88. The Morgan fingerprint density at radius 2 is 1.00 bits per heavy atom.